The first-order chi connectivity index (χ1) is 10.9. The van der Waals surface area contributed by atoms with Gasteiger partial charge in [-0.2, -0.15) is 0 Å². The normalized spacial score (nSPS) is 11.3. The second kappa shape index (κ2) is 9.87. The van der Waals surface area contributed by atoms with Crippen LogP contribution in [-0.4, -0.2) is 50.5 Å². The van der Waals surface area contributed by atoms with Crippen LogP contribution in [0.4, 0.5) is 0 Å². The summed E-state index contributed by atoms with van der Waals surface area (Å²) in [7, 11) is 3.48. The number of benzene rings is 1. The highest BCUT2D eigenvalue weighted by Gasteiger charge is 2.04. The molecule has 0 spiro atoms. The number of carbonyl (C=O) groups excluding carboxylic acids is 1. The molecule has 5 nitrogen and oxygen atoms in total. The molecule has 0 saturated carbocycles. The van der Waals surface area contributed by atoms with E-state index in [9.17, 15) is 4.79 Å². The highest BCUT2D eigenvalue weighted by atomic mass is 16.2. The van der Waals surface area contributed by atoms with Crippen molar-refractivity contribution in [2.45, 2.75) is 33.6 Å². The summed E-state index contributed by atoms with van der Waals surface area (Å²) in [6.45, 7) is 8.12. The van der Waals surface area contributed by atoms with Gasteiger partial charge >= 0.3 is 0 Å². The molecule has 1 rings (SSSR count). The molecule has 1 amide bonds. The molecule has 0 fully saturated rings. The minimum Gasteiger partial charge on any atom is -0.356 e. The first kappa shape index (κ1) is 19.0. The van der Waals surface area contributed by atoms with E-state index in [2.05, 4.69) is 54.6 Å². The zero-order valence-electron chi connectivity index (χ0n) is 15.1. The van der Waals surface area contributed by atoms with Crippen LogP contribution in [0.1, 0.15) is 30.0 Å². The van der Waals surface area contributed by atoms with Crippen molar-refractivity contribution >= 4 is 11.9 Å². The van der Waals surface area contributed by atoms with Crippen molar-refractivity contribution in [3.05, 3.63) is 34.9 Å². The van der Waals surface area contributed by atoms with Gasteiger partial charge in [0, 0.05) is 27.2 Å². The maximum atomic E-state index is 11.7. The fraction of sp³-hybridized carbons (Fsp3) is 0.556. The fourth-order valence-electron chi connectivity index (χ4n) is 2.24. The van der Waals surface area contributed by atoms with Crippen LogP contribution in [0.3, 0.4) is 0 Å². The summed E-state index contributed by atoms with van der Waals surface area (Å²) in [4.78, 5) is 17.6. The molecule has 1 aromatic carbocycles. The van der Waals surface area contributed by atoms with Gasteiger partial charge < -0.3 is 15.5 Å². The van der Waals surface area contributed by atoms with Crippen LogP contribution in [0.2, 0.25) is 0 Å². The second-order valence-electron chi connectivity index (χ2n) is 6.05. The number of hydrogen-bond donors (Lipinski definition) is 2. The SMILES string of the molecule is CCCNC(=NCC(=O)N(C)C)NCCc1cc(C)cc(C)c1. The minimum absolute atomic E-state index is 0.00286. The molecule has 5 heteroatoms. The van der Waals surface area contributed by atoms with Crippen molar-refractivity contribution in [3.8, 4) is 0 Å². The van der Waals surface area contributed by atoms with Crippen molar-refractivity contribution in [1.29, 1.82) is 0 Å². The van der Waals surface area contributed by atoms with E-state index in [0.29, 0.717) is 5.96 Å². The first-order valence-corrected chi connectivity index (χ1v) is 8.22. The van der Waals surface area contributed by atoms with Crippen LogP contribution in [0.15, 0.2) is 23.2 Å². The molecule has 0 aliphatic rings. The standard InChI is InChI=1S/C18H30N4O/c1-6-8-19-18(21-13-17(23)22(4)5)20-9-7-16-11-14(2)10-15(3)12-16/h10-12H,6-9,13H2,1-5H3,(H2,19,20,21). The van der Waals surface area contributed by atoms with E-state index in [1.165, 1.54) is 16.7 Å². The van der Waals surface area contributed by atoms with Crippen molar-refractivity contribution in [1.82, 2.24) is 15.5 Å². The summed E-state index contributed by atoms with van der Waals surface area (Å²) < 4.78 is 0. The molecule has 0 aliphatic carbocycles. The van der Waals surface area contributed by atoms with Crippen LogP contribution < -0.4 is 10.6 Å². The van der Waals surface area contributed by atoms with Gasteiger partial charge in [-0.05, 0) is 32.3 Å². The summed E-state index contributed by atoms with van der Waals surface area (Å²) in [5, 5.41) is 6.55. The number of amides is 1. The zero-order valence-corrected chi connectivity index (χ0v) is 15.1. The van der Waals surface area contributed by atoms with Gasteiger partial charge in [0.25, 0.3) is 0 Å². The molecule has 1 aromatic rings. The monoisotopic (exact) mass is 318 g/mol. The van der Waals surface area contributed by atoms with E-state index in [1.807, 2.05) is 0 Å². The average Bonchev–Trinajstić information content (AvgIpc) is 2.48. The van der Waals surface area contributed by atoms with Crippen LogP contribution in [0.5, 0.6) is 0 Å². The third-order valence-corrected chi connectivity index (χ3v) is 3.40. The molecular formula is C18H30N4O. The van der Waals surface area contributed by atoms with Crippen molar-refractivity contribution in [3.63, 3.8) is 0 Å². The molecule has 0 unspecified atom stereocenters. The van der Waals surface area contributed by atoms with E-state index < -0.39 is 0 Å². The molecule has 0 heterocycles. The number of aryl methyl sites for hydroxylation is 2. The molecule has 0 aromatic heterocycles. The number of aliphatic imine (C=N–C) groups is 1. The second-order valence-corrected chi connectivity index (χ2v) is 6.05. The average molecular weight is 318 g/mol. The van der Waals surface area contributed by atoms with Crippen molar-refractivity contribution in [2.24, 2.45) is 4.99 Å². The quantitative estimate of drug-likeness (QED) is 0.596. The Balaban J connectivity index is 2.56. The first-order valence-electron chi connectivity index (χ1n) is 8.22. The van der Waals surface area contributed by atoms with Crippen LogP contribution >= 0.6 is 0 Å². The summed E-state index contributed by atoms with van der Waals surface area (Å²) >= 11 is 0. The van der Waals surface area contributed by atoms with Gasteiger partial charge in [-0.25, -0.2) is 4.99 Å². The van der Waals surface area contributed by atoms with E-state index in [1.54, 1.807) is 19.0 Å². The topological polar surface area (TPSA) is 56.7 Å². The van der Waals surface area contributed by atoms with Crippen molar-refractivity contribution in [2.75, 3.05) is 33.7 Å². The van der Waals surface area contributed by atoms with Gasteiger partial charge in [0.05, 0.1) is 0 Å². The van der Waals surface area contributed by atoms with Crippen LogP contribution in [-0.2, 0) is 11.2 Å². The summed E-state index contributed by atoms with van der Waals surface area (Å²) in [6.07, 6.45) is 1.94. The molecule has 0 atom stereocenters. The number of nitrogens with one attached hydrogen (secondary N) is 2. The lowest BCUT2D eigenvalue weighted by molar-refractivity contribution is -0.127. The van der Waals surface area contributed by atoms with Gasteiger partial charge in [0.1, 0.15) is 6.54 Å². The van der Waals surface area contributed by atoms with Gasteiger partial charge in [-0.1, -0.05) is 36.2 Å². The Morgan fingerprint density at radius 1 is 1.09 bits per heavy atom. The number of carbonyl (C=O) groups is 1. The van der Waals surface area contributed by atoms with Crippen molar-refractivity contribution < 1.29 is 4.79 Å². The largest absolute Gasteiger partial charge is 0.356 e. The lowest BCUT2D eigenvalue weighted by Gasteiger charge is -2.13. The predicted molar refractivity (Wildman–Crippen MR) is 96.9 cm³/mol. The van der Waals surface area contributed by atoms with Gasteiger partial charge in [0.2, 0.25) is 5.91 Å². The summed E-state index contributed by atoms with van der Waals surface area (Å²) in [6, 6.07) is 6.60. The number of hydrogen-bond acceptors (Lipinski definition) is 2. The Morgan fingerprint density at radius 3 is 2.26 bits per heavy atom. The lowest BCUT2D eigenvalue weighted by Crippen LogP contribution is -2.39. The Morgan fingerprint density at radius 2 is 1.70 bits per heavy atom. The van der Waals surface area contributed by atoms with E-state index >= 15 is 0 Å². The molecule has 0 bridgehead atoms. The van der Waals surface area contributed by atoms with Gasteiger partial charge in [-0.3, -0.25) is 4.79 Å². The molecular weight excluding hydrogens is 288 g/mol. The summed E-state index contributed by atoms with van der Waals surface area (Å²) in [5.74, 6) is 0.698. The maximum absolute atomic E-state index is 11.7. The minimum atomic E-state index is -0.00286. The van der Waals surface area contributed by atoms with E-state index in [0.717, 1.165) is 25.9 Å². The van der Waals surface area contributed by atoms with Gasteiger partial charge in [0.15, 0.2) is 5.96 Å². The lowest BCUT2D eigenvalue weighted by atomic mass is 10.1. The predicted octanol–water partition coefficient (Wildman–Crippen LogP) is 1.88. The smallest absolute Gasteiger partial charge is 0.243 e. The van der Waals surface area contributed by atoms with E-state index in [-0.39, 0.29) is 12.5 Å². The zero-order chi connectivity index (χ0) is 17.2. The molecule has 2 N–H and O–H groups in total. The molecule has 128 valence electrons. The fourth-order valence-corrected chi connectivity index (χ4v) is 2.24. The number of nitrogens with zero attached hydrogens (tertiary/aromatic N) is 2. The third-order valence-electron chi connectivity index (χ3n) is 3.40. The molecule has 0 aliphatic heterocycles. The number of guanidine groups is 1. The maximum Gasteiger partial charge on any atom is 0.243 e. The highest BCUT2D eigenvalue weighted by Crippen LogP contribution is 2.08. The van der Waals surface area contributed by atoms with E-state index in [4.69, 9.17) is 0 Å². The Hall–Kier alpha value is -2.04. The van der Waals surface area contributed by atoms with Gasteiger partial charge in [-0.15, -0.1) is 0 Å². The van der Waals surface area contributed by atoms with Crippen LogP contribution in [0, 0.1) is 13.8 Å². The Labute approximate surface area is 140 Å². The summed E-state index contributed by atoms with van der Waals surface area (Å²) in [5.41, 5.74) is 3.89. The molecule has 0 saturated heterocycles. The molecule has 23 heavy (non-hydrogen) atoms. The van der Waals surface area contributed by atoms with Crippen LogP contribution in [0.25, 0.3) is 0 Å². The number of likely N-dealkylation sites (N-methyl/N-ethyl adjacent to an activating group) is 1. The Bertz CT molecular complexity index is 518. The molecule has 0 radical (unpaired) electrons. The number of rotatable bonds is 7. The third kappa shape index (κ3) is 7.68. The highest BCUT2D eigenvalue weighted by molar-refractivity contribution is 5.84. The Kier molecular flexibility index (Phi) is 8.16.